The molecule has 3 rings (SSSR count). The van der Waals surface area contributed by atoms with Crippen LogP contribution in [0, 0.1) is 0 Å². The minimum Gasteiger partial charge on any atom is -0.507 e. The molecule has 2 N–H and O–H groups in total. The number of hydrogen-bond donors (Lipinski definition) is 2. The van der Waals surface area contributed by atoms with Gasteiger partial charge in [0.15, 0.2) is 0 Å². The predicted octanol–water partition coefficient (Wildman–Crippen LogP) is 3.63. The molecule has 0 radical (unpaired) electrons. The number of methoxy groups -OCH3 is 1. The van der Waals surface area contributed by atoms with Gasteiger partial charge in [-0.3, -0.25) is 4.79 Å². The van der Waals surface area contributed by atoms with Crippen LogP contribution in [0.15, 0.2) is 48.7 Å². The summed E-state index contributed by atoms with van der Waals surface area (Å²) in [5, 5.41) is 14.3. The molecule has 3 aromatic rings. The van der Waals surface area contributed by atoms with E-state index in [-0.39, 0.29) is 17.0 Å². The average Bonchev–Trinajstić information content (AvgIpc) is 2.62. The third-order valence-electron chi connectivity index (χ3n) is 3.58. The number of halogens is 1. The van der Waals surface area contributed by atoms with Crippen LogP contribution >= 0.6 is 11.6 Å². The molecule has 0 unspecified atom stereocenters. The molecule has 1 heterocycles. The van der Waals surface area contributed by atoms with Gasteiger partial charge < -0.3 is 15.2 Å². The molecule has 1 aromatic heterocycles. The summed E-state index contributed by atoms with van der Waals surface area (Å²) < 4.78 is 4.64. The van der Waals surface area contributed by atoms with Crippen LogP contribution < -0.4 is 5.32 Å². The summed E-state index contributed by atoms with van der Waals surface area (Å²) >= 11 is 5.86. The minimum absolute atomic E-state index is 0.0757. The number of phenolic OH excluding ortho intramolecular Hbond substituents is 1. The second-order valence-corrected chi connectivity index (χ2v) is 5.68. The summed E-state index contributed by atoms with van der Waals surface area (Å²) in [6.45, 7) is 0. The number of carbonyl (C=O) groups is 2. The number of benzene rings is 2. The van der Waals surface area contributed by atoms with Gasteiger partial charge in [-0.2, -0.15) is 0 Å². The summed E-state index contributed by atoms with van der Waals surface area (Å²) in [4.78, 5) is 27.8. The van der Waals surface area contributed by atoms with Gasteiger partial charge in [0.2, 0.25) is 0 Å². The molecular weight excluding hydrogens is 344 g/mol. The monoisotopic (exact) mass is 356 g/mol. The third kappa shape index (κ3) is 3.54. The molecule has 0 spiro atoms. The molecule has 0 atom stereocenters. The van der Waals surface area contributed by atoms with Crippen molar-refractivity contribution in [2.24, 2.45) is 0 Å². The second kappa shape index (κ2) is 6.78. The number of aromatic hydroxyl groups is 1. The third-order valence-corrected chi connectivity index (χ3v) is 3.81. The number of fused-ring (bicyclic) bond motifs is 1. The van der Waals surface area contributed by atoms with Gasteiger partial charge >= 0.3 is 5.97 Å². The number of hydrogen-bond acceptors (Lipinski definition) is 5. The molecule has 0 bridgehead atoms. The van der Waals surface area contributed by atoms with Gasteiger partial charge in [-0.05, 0) is 41.8 Å². The maximum atomic E-state index is 12.3. The molecule has 25 heavy (non-hydrogen) atoms. The molecule has 7 heteroatoms. The number of amides is 1. The van der Waals surface area contributed by atoms with Gasteiger partial charge in [-0.1, -0.05) is 17.7 Å². The molecule has 6 nitrogen and oxygen atoms in total. The molecule has 0 aliphatic rings. The van der Waals surface area contributed by atoms with Gasteiger partial charge in [0.1, 0.15) is 11.4 Å². The number of aromatic nitrogens is 1. The Morgan fingerprint density at radius 1 is 1.12 bits per heavy atom. The summed E-state index contributed by atoms with van der Waals surface area (Å²) in [6.07, 6.45) is 1.52. The van der Waals surface area contributed by atoms with Crippen molar-refractivity contribution in [1.82, 2.24) is 4.98 Å². The highest BCUT2D eigenvalue weighted by atomic mass is 35.5. The van der Waals surface area contributed by atoms with E-state index in [4.69, 9.17) is 11.6 Å². The van der Waals surface area contributed by atoms with E-state index in [2.05, 4.69) is 15.0 Å². The van der Waals surface area contributed by atoms with E-state index in [1.165, 1.54) is 31.5 Å². The lowest BCUT2D eigenvalue weighted by Crippen LogP contribution is -2.12. The molecule has 1 amide bonds. The summed E-state index contributed by atoms with van der Waals surface area (Å²) in [7, 11) is 1.29. The fourth-order valence-electron chi connectivity index (χ4n) is 2.32. The Kier molecular flexibility index (Phi) is 4.54. The highest BCUT2D eigenvalue weighted by molar-refractivity contribution is 6.31. The fraction of sp³-hybridized carbons (Fsp3) is 0.0556. The van der Waals surface area contributed by atoms with E-state index in [0.29, 0.717) is 10.7 Å². The van der Waals surface area contributed by atoms with Gasteiger partial charge in [-0.15, -0.1) is 0 Å². The Morgan fingerprint density at radius 3 is 2.68 bits per heavy atom. The highest BCUT2D eigenvalue weighted by Crippen LogP contribution is 2.24. The van der Waals surface area contributed by atoms with Gasteiger partial charge in [0.25, 0.3) is 5.91 Å². The van der Waals surface area contributed by atoms with Crippen molar-refractivity contribution in [3.63, 3.8) is 0 Å². The van der Waals surface area contributed by atoms with Crippen molar-refractivity contribution in [3.8, 4) is 5.75 Å². The first-order valence-corrected chi connectivity index (χ1v) is 7.64. The molecule has 0 fully saturated rings. The lowest BCUT2D eigenvalue weighted by molar-refractivity contribution is 0.0594. The topological polar surface area (TPSA) is 88.5 Å². The second-order valence-electron chi connectivity index (χ2n) is 5.24. The molecule has 0 aliphatic carbocycles. The Bertz CT molecular complexity index is 988. The zero-order chi connectivity index (χ0) is 18.0. The smallest absolute Gasteiger partial charge is 0.356 e. The van der Waals surface area contributed by atoms with Crippen LogP contribution in [-0.2, 0) is 4.74 Å². The first kappa shape index (κ1) is 16.7. The molecular formula is C18H13ClN2O4. The first-order chi connectivity index (χ1) is 12.0. The number of nitrogens with one attached hydrogen (secondary N) is 1. The first-order valence-electron chi connectivity index (χ1n) is 7.26. The number of carbonyl (C=O) groups excluding carboxylic acids is 2. The zero-order valence-corrected chi connectivity index (χ0v) is 13.9. The lowest BCUT2D eigenvalue weighted by atomic mass is 10.1. The number of phenols is 1. The maximum absolute atomic E-state index is 12.3. The van der Waals surface area contributed by atoms with Crippen molar-refractivity contribution >= 4 is 39.9 Å². The minimum atomic E-state index is -0.518. The van der Waals surface area contributed by atoms with Crippen molar-refractivity contribution in [3.05, 3.63) is 64.9 Å². The number of nitrogens with zero attached hydrogens (tertiary/aromatic N) is 1. The number of esters is 1. The molecule has 0 saturated carbocycles. The van der Waals surface area contributed by atoms with E-state index in [1.807, 2.05) is 0 Å². The van der Waals surface area contributed by atoms with Gasteiger partial charge in [0.05, 0.1) is 12.7 Å². The average molecular weight is 357 g/mol. The predicted molar refractivity (Wildman–Crippen MR) is 94.2 cm³/mol. The Morgan fingerprint density at radius 2 is 1.92 bits per heavy atom. The van der Waals surface area contributed by atoms with E-state index in [0.717, 1.165) is 10.8 Å². The lowest BCUT2D eigenvalue weighted by Gasteiger charge is -2.09. The fourth-order valence-corrected chi connectivity index (χ4v) is 2.50. The quantitative estimate of drug-likeness (QED) is 0.699. The molecule has 0 aliphatic heterocycles. The normalized spacial score (nSPS) is 10.5. The van der Waals surface area contributed by atoms with Crippen LogP contribution in [0.5, 0.6) is 5.75 Å². The maximum Gasteiger partial charge on any atom is 0.356 e. The SMILES string of the molecule is COC(=O)c1cc2ccc(NC(=O)c3cc(Cl)ccc3O)cc2cn1. The van der Waals surface area contributed by atoms with Gasteiger partial charge in [-0.25, -0.2) is 9.78 Å². The van der Waals surface area contributed by atoms with Crippen LogP contribution in [0.1, 0.15) is 20.8 Å². The van der Waals surface area contributed by atoms with Crippen molar-refractivity contribution in [1.29, 1.82) is 0 Å². The van der Waals surface area contributed by atoms with Crippen LogP contribution in [0.3, 0.4) is 0 Å². The molecule has 126 valence electrons. The number of anilines is 1. The summed E-state index contributed by atoms with van der Waals surface area (Å²) in [5.74, 6) is -1.17. The molecule has 0 saturated heterocycles. The van der Waals surface area contributed by atoms with Gasteiger partial charge in [0, 0.05) is 22.3 Å². The van der Waals surface area contributed by atoms with Crippen LogP contribution in [0.4, 0.5) is 5.69 Å². The van der Waals surface area contributed by atoms with Crippen LogP contribution in [0.25, 0.3) is 10.8 Å². The van der Waals surface area contributed by atoms with E-state index in [1.54, 1.807) is 24.3 Å². The Labute approximate surface area is 148 Å². The Hall–Kier alpha value is -3.12. The largest absolute Gasteiger partial charge is 0.507 e. The number of rotatable bonds is 3. The van der Waals surface area contributed by atoms with E-state index in [9.17, 15) is 14.7 Å². The van der Waals surface area contributed by atoms with Crippen molar-refractivity contribution in [2.45, 2.75) is 0 Å². The van der Waals surface area contributed by atoms with Crippen LogP contribution in [0.2, 0.25) is 5.02 Å². The number of ether oxygens (including phenoxy) is 1. The molecule has 2 aromatic carbocycles. The zero-order valence-electron chi connectivity index (χ0n) is 13.1. The van der Waals surface area contributed by atoms with Crippen molar-refractivity contribution < 1.29 is 19.4 Å². The Balaban J connectivity index is 1.88. The van der Waals surface area contributed by atoms with Crippen molar-refractivity contribution in [2.75, 3.05) is 12.4 Å². The number of pyridine rings is 1. The summed E-state index contributed by atoms with van der Waals surface area (Å²) in [6, 6.07) is 11.0. The van der Waals surface area contributed by atoms with Crippen LogP contribution in [-0.4, -0.2) is 29.1 Å². The van der Waals surface area contributed by atoms with E-state index >= 15 is 0 Å². The standard InChI is InChI=1S/C18H13ClN2O4/c1-25-18(24)15-7-10-2-4-13(6-11(10)9-20-15)21-17(23)14-8-12(19)3-5-16(14)22/h2-9,22H,1H3,(H,21,23). The highest BCUT2D eigenvalue weighted by Gasteiger charge is 2.13. The summed E-state index contributed by atoms with van der Waals surface area (Å²) in [5.41, 5.74) is 0.798. The van der Waals surface area contributed by atoms with E-state index < -0.39 is 11.9 Å².